The Balaban J connectivity index is 1.77. The van der Waals surface area contributed by atoms with Gasteiger partial charge < -0.3 is 18.9 Å². The highest BCUT2D eigenvalue weighted by Gasteiger charge is 2.31. The molecule has 0 N–H and O–H groups in total. The molecule has 5 heteroatoms. The standard InChI is InChI=1S/C21H28N2O3/c1-21(2,3)23-12-10-16(14-23)20(24)22-11-9-15(13-22)17-7-6-8-18(25-4)19(17)26-5/h6-8,10,12,14-15H,9,11,13H2,1-5H3/t15-/m0/s1. The van der Waals surface area contributed by atoms with E-state index in [1.165, 1.54) is 0 Å². The maximum atomic E-state index is 12.9. The van der Waals surface area contributed by atoms with Crippen molar-refractivity contribution >= 4 is 5.91 Å². The first-order chi connectivity index (χ1) is 12.3. The van der Waals surface area contributed by atoms with Crippen LogP contribution in [0.3, 0.4) is 0 Å². The normalized spacial score (nSPS) is 17.4. The summed E-state index contributed by atoms with van der Waals surface area (Å²) in [4.78, 5) is 14.8. The van der Waals surface area contributed by atoms with Gasteiger partial charge in [-0.05, 0) is 39.3 Å². The summed E-state index contributed by atoms with van der Waals surface area (Å²) in [5.74, 6) is 1.86. The van der Waals surface area contributed by atoms with E-state index in [0.29, 0.717) is 6.54 Å². The molecule has 1 aliphatic rings. The third kappa shape index (κ3) is 3.43. The van der Waals surface area contributed by atoms with Gasteiger partial charge in [0.25, 0.3) is 5.91 Å². The van der Waals surface area contributed by atoms with Crippen LogP contribution in [0.2, 0.25) is 0 Å². The first-order valence-electron chi connectivity index (χ1n) is 9.03. The van der Waals surface area contributed by atoms with E-state index in [1.807, 2.05) is 35.5 Å². The van der Waals surface area contributed by atoms with Gasteiger partial charge in [0.05, 0.1) is 19.8 Å². The van der Waals surface area contributed by atoms with Gasteiger partial charge in [-0.25, -0.2) is 0 Å². The number of aromatic nitrogens is 1. The molecule has 1 aliphatic heterocycles. The minimum Gasteiger partial charge on any atom is -0.493 e. The molecule has 1 atom stereocenters. The Labute approximate surface area is 155 Å². The van der Waals surface area contributed by atoms with Gasteiger partial charge in [-0.15, -0.1) is 0 Å². The molecule has 1 amide bonds. The number of carbonyl (C=O) groups is 1. The lowest BCUT2D eigenvalue weighted by Gasteiger charge is -2.21. The number of methoxy groups -OCH3 is 2. The van der Waals surface area contributed by atoms with Crippen LogP contribution in [0.5, 0.6) is 11.5 Å². The number of benzene rings is 1. The van der Waals surface area contributed by atoms with E-state index in [1.54, 1.807) is 14.2 Å². The fourth-order valence-electron chi connectivity index (χ4n) is 3.55. The highest BCUT2D eigenvalue weighted by molar-refractivity contribution is 5.94. The Morgan fingerprint density at radius 2 is 1.92 bits per heavy atom. The summed E-state index contributed by atoms with van der Waals surface area (Å²) in [7, 11) is 3.31. The zero-order valence-corrected chi connectivity index (χ0v) is 16.3. The van der Waals surface area contributed by atoms with Crippen LogP contribution >= 0.6 is 0 Å². The van der Waals surface area contributed by atoms with Crippen LogP contribution in [0.1, 0.15) is 49.0 Å². The van der Waals surface area contributed by atoms with E-state index in [0.717, 1.165) is 35.6 Å². The largest absolute Gasteiger partial charge is 0.493 e. The lowest BCUT2D eigenvalue weighted by molar-refractivity contribution is 0.0790. The molecule has 1 fully saturated rings. The van der Waals surface area contributed by atoms with Gasteiger partial charge in [-0.2, -0.15) is 0 Å². The Kier molecular flexibility index (Phi) is 4.99. The molecule has 2 heterocycles. The van der Waals surface area contributed by atoms with Crippen molar-refractivity contribution in [1.29, 1.82) is 0 Å². The van der Waals surface area contributed by atoms with E-state index in [4.69, 9.17) is 9.47 Å². The minimum atomic E-state index is -0.0277. The molecular weight excluding hydrogens is 328 g/mol. The van der Waals surface area contributed by atoms with Crippen LogP contribution in [-0.4, -0.2) is 42.7 Å². The minimum absolute atomic E-state index is 0.0277. The van der Waals surface area contributed by atoms with Crippen molar-refractivity contribution in [2.24, 2.45) is 0 Å². The second kappa shape index (κ2) is 7.06. The van der Waals surface area contributed by atoms with Crippen LogP contribution in [-0.2, 0) is 5.54 Å². The van der Waals surface area contributed by atoms with Gasteiger partial charge >= 0.3 is 0 Å². The van der Waals surface area contributed by atoms with Crippen molar-refractivity contribution in [1.82, 2.24) is 9.47 Å². The van der Waals surface area contributed by atoms with Gasteiger partial charge in [-0.1, -0.05) is 12.1 Å². The molecule has 0 radical (unpaired) electrons. The average Bonchev–Trinajstić information content (AvgIpc) is 3.29. The molecule has 26 heavy (non-hydrogen) atoms. The predicted octanol–water partition coefficient (Wildman–Crippen LogP) is 3.89. The molecule has 1 aromatic carbocycles. The van der Waals surface area contributed by atoms with E-state index < -0.39 is 0 Å². The van der Waals surface area contributed by atoms with Crippen molar-refractivity contribution in [3.05, 3.63) is 47.8 Å². The van der Waals surface area contributed by atoms with Gasteiger partial charge in [0, 0.05) is 42.5 Å². The summed E-state index contributed by atoms with van der Waals surface area (Å²) < 4.78 is 13.1. The highest BCUT2D eigenvalue weighted by atomic mass is 16.5. The molecule has 2 aromatic rings. The predicted molar refractivity (Wildman–Crippen MR) is 102 cm³/mol. The molecule has 1 aromatic heterocycles. The Hall–Kier alpha value is -2.43. The van der Waals surface area contributed by atoms with Gasteiger partial charge in [0.1, 0.15) is 0 Å². The zero-order chi connectivity index (χ0) is 18.9. The van der Waals surface area contributed by atoms with Crippen molar-refractivity contribution in [3.63, 3.8) is 0 Å². The van der Waals surface area contributed by atoms with Crippen LogP contribution in [0.4, 0.5) is 0 Å². The number of ether oxygens (including phenoxy) is 2. The third-order valence-electron chi connectivity index (χ3n) is 5.06. The van der Waals surface area contributed by atoms with Crippen LogP contribution in [0.15, 0.2) is 36.7 Å². The summed E-state index contributed by atoms with van der Waals surface area (Å²) in [5, 5.41) is 0. The number of likely N-dealkylation sites (tertiary alicyclic amines) is 1. The van der Waals surface area contributed by atoms with Crippen LogP contribution < -0.4 is 9.47 Å². The Bertz CT molecular complexity index is 789. The maximum Gasteiger partial charge on any atom is 0.255 e. The van der Waals surface area contributed by atoms with Gasteiger partial charge in [0.2, 0.25) is 0 Å². The maximum absolute atomic E-state index is 12.9. The van der Waals surface area contributed by atoms with Crippen LogP contribution in [0, 0.1) is 0 Å². The van der Waals surface area contributed by atoms with Gasteiger partial charge in [-0.3, -0.25) is 4.79 Å². The van der Waals surface area contributed by atoms with Crippen molar-refractivity contribution < 1.29 is 14.3 Å². The quantitative estimate of drug-likeness (QED) is 0.835. The second-order valence-corrected chi connectivity index (χ2v) is 7.80. The molecule has 0 saturated carbocycles. The first-order valence-corrected chi connectivity index (χ1v) is 9.03. The van der Waals surface area contributed by atoms with Crippen molar-refractivity contribution in [2.75, 3.05) is 27.3 Å². The smallest absolute Gasteiger partial charge is 0.255 e. The molecule has 1 saturated heterocycles. The SMILES string of the molecule is COc1cccc([C@H]2CCN(C(=O)c3ccn(C(C)(C)C)c3)C2)c1OC. The molecule has 0 spiro atoms. The number of para-hydroxylation sites is 1. The average molecular weight is 356 g/mol. The number of amides is 1. The number of hydrogen-bond acceptors (Lipinski definition) is 3. The second-order valence-electron chi connectivity index (χ2n) is 7.80. The number of hydrogen-bond donors (Lipinski definition) is 0. The number of nitrogens with zero attached hydrogens (tertiary/aromatic N) is 2. The third-order valence-corrected chi connectivity index (χ3v) is 5.06. The van der Waals surface area contributed by atoms with E-state index >= 15 is 0 Å². The summed E-state index contributed by atoms with van der Waals surface area (Å²) in [6.07, 6.45) is 4.85. The zero-order valence-electron chi connectivity index (χ0n) is 16.3. The lowest BCUT2D eigenvalue weighted by Crippen LogP contribution is -2.28. The molecule has 3 rings (SSSR count). The summed E-state index contributed by atoms with van der Waals surface area (Å²) >= 11 is 0. The van der Waals surface area contributed by atoms with Crippen molar-refractivity contribution in [2.45, 2.75) is 38.6 Å². The highest BCUT2D eigenvalue weighted by Crippen LogP contribution is 2.39. The molecular formula is C21H28N2O3. The molecule has 5 nitrogen and oxygen atoms in total. The van der Waals surface area contributed by atoms with Crippen molar-refractivity contribution in [3.8, 4) is 11.5 Å². The fraction of sp³-hybridized carbons (Fsp3) is 0.476. The fourth-order valence-corrected chi connectivity index (χ4v) is 3.55. The lowest BCUT2D eigenvalue weighted by atomic mass is 9.97. The number of carbonyl (C=O) groups excluding carboxylic acids is 1. The molecule has 0 unspecified atom stereocenters. The summed E-state index contributed by atoms with van der Waals surface area (Å²) in [6.45, 7) is 7.83. The summed E-state index contributed by atoms with van der Waals surface area (Å²) in [6, 6.07) is 7.85. The van der Waals surface area contributed by atoms with Crippen LogP contribution in [0.25, 0.3) is 0 Å². The Morgan fingerprint density at radius 1 is 1.15 bits per heavy atom. The number of rotatable bonds is 4. The Morgan fingerprint density at radius 3 is 2.54 bits per heavy atom. The molecule has 0 aliphatic carbocycles. The summed E-state index contributed by atoms with van der Waals surface area (Å²) in [5.41, 5.74) is 1.83. The first kappa shape index (κ1) is 18.4. The molecule has 140 valence electrons. The van der Waals surface area contributed by atoms with Gasteiger partial charge in [0.15, 0.2) is 11.5 Å². The van der Waals surface area contributed by atoms with E-state index in [-0.39, 0.29) is 17.4 Å². The monoisotopic (exact) mass is 356 g/mol. The topological polar surface area (TPSA) is 43.7 Å². The van der Waals surface area contributed by atoms with E-state index in [2.05, 4.69) is 31.4 Å². The molecule has 0 bridgehead atoms. The van der Waals surface area contributed by atoms with E-state index in [9.17, 15) is 4.79 Å².